The van der Waals surface area contributed by atoms with Gasteiger partial charge in [-0.15, -0.1) is 0 Å². The van der Waals surface area contributed by atoms with Crippen molar-refractivity contribution in [1.82, 2.24) is 4.98 Å². The summed E-state index contributed by atoms with van der Waals surface area (Å²) in [5, 5.41) is 4.00. The Hall–Kier alpha value is -0.800. The summed E-state index contributed by atoms with van der Waals surface area (Å²) < 4.78 is 5.43. The van der Waals surface area contributed by atoms with Crippen LogP contribution in [0, 0.1) is 0 Å². The molecule has 0 saturated carbocycles. The van der Waals surface area contributed by atoms with Gasteiger partial charge in [-0.25, -0.2) is 4.98 Å². The van der Waals surface area contributed by atoms with Gasteiger partial charge in [0.2, 0.25) is 0 Å². The first-order valence-electron chi connectivity index (χ1n) is 5.28. The second-order valence-electron chi connectivity index (χ2n) is 4.30. The van der Waals surface area contributed by atoms with Gasteiger partial charge in [-0.2, -0.15) is 0 Å². The first kappa shape index (κ1) is 9.43. The molecule has 0 bridgehead atoms. The van der Waals surface area contributed by atoms with Gasteiger partial charge in [0, 0.05) is 25.2 Å². The van der Waals surface area contributed by atoms with Gasteiger partial charge >= 0.3 is 0 Å². The monoisotopic (exact) mass is 224 g/mol. The van der Waals surface area contributed by atoms with Crippen LogP contribution in [0.4, 0.5) is 5.69 Å². The lowest BCUT2D eigenvalue weighted by atomic mass is 9.76. The van der Waals surface area contributed by atoms with Gasteiger partial charge in [-0.05, 0) is 24.5 Å². The van der Waals surface area contributed by atoms with E-state index in [1.165, 1.54) is 5.56 Å². The van der Waals surface area contributed by atoms with E-state index in [-0.39, 0.29) is 5.41 Å². The van der Waals surface area contributed by atoms with E-state index in [0.29, 0.717) is 5.15 Å². The van der Waals surface area contributed by atoms with Crippen LogP contribution in [0.2, 0.25) is 5.15 Å². The molecule has 0 atom stereocenters. The van der Waals surface area contributed by atoms with Gasteiger partial charge < -0.3 is 10.1 Å². The molecular formula is C11H13ClN2O. The highest BCUT2D eigenvalue weighted by Gasteiger charge is 2.40. The summed E-state index contributed by atoms with van der Waals surface area (Å²) in [5.74, 6) is 0. The molecule has 2 aliphatic rings. The van der Waals surface area contributed by atoms with Crippen molar-refractivity contribution in [3.05, 3.63) is 23.0 Å². The summed E-state index contributed by atoms with van der Waals surface area (Å²) in [7, 11) is 0. The van der Waals surface area contributed by atoms with Gasteiger partial charge in [0.05, 0.1) is 11.9 Å². The van der Waals surface area contributed by atoms with Crippen LogP contribution in [-0.2, 0) is 10.2 Å². The number of fused-ring (bicyclic) bond motifs is 2. The number of anilines is 1. The Bertz CT molecular complexity index is 383. The largest absolute Gasteiger partial charge is 0.383 e. The summed E-state index contributed by atoms with van der Waals surface area (Å²) >= 11 is 5.96. The van der Waals surface area contributed by atoms with E-state index in [2.05, 4.69) is 10.3 Å². The van der Waals surface area contributed by atoms with Crippen molar-refractivity contribution in [3.63, 3.8) is 0 Å². The van der Waals surface area contributed by atoms with Crippen LogP contribution < -0.4 is 5.32 Å². The molecule has 1 saturated heterocycles. The maximum absolute atomic E-state index is 5.96. The summed E-state index contributed by atoms with van der Waals surface area (Å²) in [6.07, 6.45) is 3.99. The molecule has 0 radical (unpaired) electrons. The van der Waals surface area contributed by atoms with Gasteiger partial charge in [0.1, 0.15) is 5.15 Å². The molecule has 15 heavy (non-hydrogen) atoms. The fourth-order valence-electron chi connectivity index (χ4n) is 2.58. The van der Waals surface area contributed by atoms with Crippen molar-refractivity contribution in [2.45, 2.75) is 18.3 Å². The number of nitrogens with one attached hydrogen (secondary N) is 1. The highest BCUT2D eigenvalue weighted by molar-refractivity contribution is 6.29. The quantitative estimate of drug-likeness (QED) is 0.687. The molecule has 1 aromatic rings. The molecule has 0 unspecified atom stereocenters. The van der Waals surface area contributed by atoms with Crippen molar-refractivity contribution in [3.8, 4) is 0 Å². The molecule has 1 aromatic heterocycles. The third kappa shape index (κ3) is 1.42. The smallest absolute Gasteiger partial charge is 0.129 e. The van der Waals surface area contributed by atoms with Gasteiger partial charge in [0.15, 0.2) is 0 Å². The normalized spacial score (nSPS) is 22.5. The number of hydrogen-bond acceptors (Lipinski definition) is 3. The molecule has 2 aliphatic heterocycles. The predicted molar refractivity (Wildman–Crippen MR) is 59.5 cm³/mol. The second kappa shape index (κ2) is 3.35. The van der Waals surface area contributed by atoms with Gasteiger partial charge in [0.25, 0.3) is 0 Å². The molecule has 1 N–H and O–H groups in total. The lowest BCUT2D eigenvalue weighted by Gasteiger charge is -2.33. The molecule has 3 nitrogen and oxygen atoms in total. The van der Waals surface area contributed by atoms with Crippen LogP contribution >= 0.6 is 11.6 Å². The van der Waals surface area contributed by atoms with E-state index in [0.717, 1.165) is 38.3 Å². The zero-order valence-corrected chi connectivity index (χ0v) is 9.18. The zero-order chi connectivity index (χ0) is 10.3. The highest BCUT2D eigenvalue weighted by Crippen LogP contribution is 2.43. The summed E-state index contributed by atoms with van der Waals surface area (Å²) in [4.78, 5) is 4.10. The van der Waals surface area contributed by atoms with Crippen LogP contribution in [0.5, 0.6) is 0 Å². The molecule has 0 aliphatic carbocycles. The summed E-state index contributed by atoms with van der Waals surface area (Å²) in [5.41, 5.74) is 2.70. The predicted octanol–water partition coefficient (Wildman–Crippen LogP) is 2.21. The number of hydrogen-bond donors (Lipinski definition) is 1. The van der Waals surface area contributed by atoms with E-state index in [1.54, 1.807) is 0 Å². The average Bonchev–Trinajstić information content (AvgIpc) is 2.59. The van der Waals surface area contributed by atoms with E-state index in [9.17, 15) is 0 Å². The number of pyridine rings is 1. The Kier molecular flexibility index (Phi) is 2.11. The highest BCUT2D eigenvalue weighted by atomic mass is 35.5. The standard InChI is InChI=1S/C11H13ClN2O/c12-10-5-8-9(6-13-10)14-7-11(8)1-3-15-4-2-11/h5-6,14H,1-4,7H2. The first-order valence-corrected chi connectivity index (χ1v) is 5.66. The average molecular weight is 225 g/mol. The number of halogens is 1. The molecular weight excluding hydrogens is 212 g/mol. The second-order valence-corrected chi connectivity index (χ2v) is 4.69. The molecule has 3 heterocycles. The van der Waals surface area contributed by atoms with Crippen LogP contribution in [0.3, 0.4) is 0 Å². The van der Waals surface area contributed by atoms with Crippen LogP contribution in [0.15, 0.2) is 12.3 Å². The fourth-order valence-corrected chi connectivity index (χ4v) is 2.74. The minimum atomic E-state index is 0.236. The van der Waals surface area contributed by atoms with Crippen molar-refractivity contribution in [2.75, 3.05) is 25.1 Å². The maximum atomic E-state index is 5.96. The molecule has 80 valence electrons. The van der Waals surface area contributed by atoms with Gasteiger partial charge in [-0.1, -0.05) is 11.6 Å². The minimum Gasteiger partial charge on any atom is -0.383 e. The van der Waals surface area contributed by atoms with Crippen LogP contribution in [0.25, 0.3) is 0 Å². The lowest BCUT2D eigenvalue weighted by molar-refractivity contribution is 0.0567. The van der Waals surface area contributed by atoms with Crippen LogP contribution in [0.1, 0.15) is 18.4 Å². The first-order chi connectivity index (χ1) is 7.30. The van der Waals surface area contributed by atoms with E-state index in [4.69, 9.17) is 16.3 Å². The SMILES string of the molecule is Clc1cc2c(cn1)NCC21CCOCC1. The van der Waals surface area contributed by atoms with E-state index < -0.39 is 0 Å². The Morgan fingerprint density at radius 3 is 3.00 bits per heavy atom. The lowest BCUT2D eigenvalue weighted by Crippen LogP contribution is -2.35. The van der Waals surface area contributed by atoms with Gasteiger partial charge in [-0.3, -0.25) is 0 Å². The summed E-state index contributed by atoms with van der Waals surface area (Å²) in [6, 6.07) is 2.00. The number of rotatable bonds is 0. The number of nitrogens with zero attached hydrogens (tertiary/aromatic N) is 1. The zero-order valence-electron chi connectivity index (χ0n) is 8.42. The molecule has 1 spiro atoms. The van der Waals surface area contributed by atoms with Crippen molar-refractivity contribution in [2.24, 2.45) is 0 Å². The Balaban J connectivity index is 2.05. The topological polar surface area (TPSA) is 34.2 Å². The third-order valence-corrected chi connectivity index (χ3v) is 3.72. The number of aromatic nitrogens is 1. The van der Waals surface area contributed by atoms with Crippen molar-refractivity contribution >= 4 is 17.3 Å². The van der Waals surface area contributed by atoms with Crippen LogP contribution in [-0.4, -0.2) is 24.7 Å². The Morgan fingerprint density at radius 1 is 1.40 bits per heavy atom. The van der Waals surface area contributed by atoms with Crippen molar-refractivity contribution < 1.29 is 4.74 Å². The molecule has 0 amide bonds. The van der Waals surface area contributed by atoms with E-state index in [1.807, 2.05) is 12.3 Å². The fraction of sp³-hybridized carbons (Fsp3) is 0.545. The van der Waals surface area contributed by atoms with Crippen molar-refractivity contribution in [1.29, 1.82) is 0 Å². The molecule has 0 aromatic carbocycles. The summed E-state index contributed by atoms with van der Waals surface area (Å²) in [6.45, 7) is 2.69. The maximum Gasteiger partial charge on any atom is 0.129 e. The van der Waals surface area contributed by atoms with E-state index >= 15 is 0 Å². The molecule has 3 rings (SSSR count). The Labute approximate surface area is 93.8 Å². The molecule has 4 heteroatoms. The minimum absolute atomic E-state index is 0.236. The Morgan fingerprint density at radius 2 is 2.20 bits per heavy atom. The molecule has 1 fully saturated rings. The third-order valence-electron chi connectivity index (χ3n) is 3.51. The number of ether oxygens (including phenoxy) is 1.